The first kappa shape index (κ1) is 17.4. The Morgan fingerprint density at radius 3 is 2.52 bits per heavy atom. The highest BCUT2D eigenvalue weighted by molar-refractivity contribution is 7.17. The first-order valence-corrected chi connectivity index (χ1v) is 8.10. The van der Waals surface area contributed by atoms with E-state index in [-0.39, 0.29) is 15.8 Å². The third-order valence-electron chi connectivity index (χ3n) is 3.11. The number of thiazole rings is 1. The molecule has 0 unspecified atom stereocenters. The molecule has 3 rings (SSSR count). The van der Waals surface area contributed by atoms with E-state index in [2.05, 4.69) is 15.3 Å². The Hall–Kier alpha value is -2.45. The Morgan fingerprint density at radius 1 is 1.16 bits per heavy atom. The standard InChI is InChI=1S/C16H9ClF3N3OS/c17-11-8-10(6-7-21-11)22-14(24)12-13(16(18,19)20)23-15(25-12)9-4-2-1-3-5-9/h1-8H,(H,21,22,24). The molecular formula is C16H9ClF3N3OS. The molecule has 1 aromatic carbocycles. The van der Waals surface area contributed by atoms with Gasteiger partial charge in [-0.3, -0.25) is 4.79 Å². The molecule has 1 N–H and O–H groups in total. The number of pyridine rings is 1. The fraction of sp³-hybridized carbons (Fsp3) is 0.0625. The van der Waals surface area contributed by atoms with E-state index in [9.17, 15) is 18.0 Å². The number of nitrogens with one attached hydrogen (secondary N) is 1. The van der Waals surface area contributed by atoms with Crippen LogP contribution in [0.5, 0.6) is 0 Å². The summed E-state index contributed by atoms with van der Waals surface area (Å²) in [5, 5.41) is 2.61. The van der Waals surface area contributed by atoms with Gasteiger partial charge < -0.3 is 5.32 Å². The minimum Gasteiger partial charge on any atom is -0.321 e. The summed E-state index contributed by atoms with van der Waals surface area (Å²) in [6, 6.07) is 11.1. The second kappa shape index (κ2) is 6.81. The van der Waals surface area contributed by atoms with Crippen LogP contribution in [-0.2, 0) is 6.18 Å². The monoisotopic (exact) mass is 383 g/mol. The van der Waals surface area contributed by atoms with E-state index in [1.807, 2.05) is 0 Å². The maximum Gasteiger partial charge on any atom is 0.435 e. The summed E-state index contributed by atoms with van der Waals surface area (Å²) in [4.78, 5) is 19.2. The molecule has 1 amide bonds. The van der Waals surface area contributed by atoms with Crippen molar-refractivity contribution >= 4 is 34.5 Å². The van der Waals surface area contributed by atoms with E-state index in [0.29, 0.717) is 16.9 Å². The molecule has 128 valence electrons. The number of amides is 1. The lowest BCUT2D eigenvalue weighted by Gasteiger charge is -2.07. The van der Waals surface area contributed by atoms with Crippen LogP contribution in [0.3, 0.4) is 0 Å². The van der Waals surface area contributed by atoms with E-state index in [1.165, 1.54) is 18.3 Å². The van der Waals surface area contributed by atoms with Crippen molar-refractivity contribution in [3.05, 3.63) is 64.4 Å². The van der Waals surface area contributed by atoms with Crippen molar-refractivity contribution in [3.63, 3.8) is 0 Å². The molecule has 4 nitrogen and oxygen atoms in total. The van der Waals surface area contributed by atoms with E-state index in [0.717, 1.165) is 0 Å². The summed E-state index contributed by atoms with van der Waals surface area (Å²) in [6.07, 6.45) is -3.41. The van der Waals surface area contributed by atoms with Crippen LogP contribution in [0.2, 0.25) is 5.15 Å². The fourth-order valence-electron chi connectivity index (χ4n) is 2.04. The lowest BCUT2D eigenvalue weighted by molar-refractivity contribution is -0.140. The molecule has 0 aliphatic rings. The van der Waals surface area contributed by atoms with Crippen molar-refractivity contribution in [1.82, 2.24) is 9.97 Å². The summed E-state index contributed by atoms with van der Waals surface area (Å²) in [7, 11) is 0. The average Bonchev–Trinajstić information content (AvgIpc) is 3.01. The summed E-state index contributed by atoms with van der Waals surface area (Å²) in [5.41, 5.74) is -0.467. The summed E-state index contributed by atoms with van der Waals surface area (Å²) in [6.45, 7) is 0. The Kier molecular flexibility index (Phi) is 4.73. The summed E-state index contributed by atoms with van der Waals surface area (Å²) < 4.78 is 39.8. The Morgan fingerprint density at radius 2 is 1.88 bits per heavy atom. The number of halogens is 4. The molecule has 2 aromatic heterocycles. The zero-order valence-corrected chi connectivity index (χ0v) is 13.9. The maximum absolute atomic E-state index is 13.3. The first-order chi connectivity index (χ1) is 11.8. The van der Waals surface area contributed by atoms with Crippen molar-refractivity contribution in [3.8, 4) is 10.6 Å². The molecule has 2 heterocycles. The second-order valence-corrected chi connectivity index (χ2v) is 6.27. The van der Waals surface area contributed by atoms with Crippen LogP contribution in [0.1, 0.15) is 15.4 Å². The maximum atomic E-state index is 13.3. The average molecular weight is 384 g/mol. The highest BCUT2D eigenvalue weighted by Gasteiger charge is 2.39. The van der Waals surface area contributed by atoms with Gasteiger partial charge in [0.1, 0.15) is 15.0 Å². The molecule has 0 spiro atoms. The molecule has 0 saturated carbocycles. The molecular weight excluding hydrogens is 375 g/mol. The normalized spacial score (nSPS) is 11.4. The van der Waals surface area contributed by atoms with Gasteiger partial charge in [0, 0.05) is 17.4 Å². The molecule has 0 aliphatic heterocycles. The van der Waals surface area contributed by atoms with Crippen LogP contribution in [0.4, 0.5) is 18.9 Å². The zero-order chi connectivity index (χ0) is 18.0. The third kappa shape index (κ3) is 3.97. The smallest absolute Gasteiger partial charge is 0.321 e. The van der Waals surface area contributed by atoms with Crippen LogP contribution in [0.15, 0.2) is 48.7 Å². The Labute approximate surface area is 149 Å². The van der Waals surface area contributed by atoms with Gasteiger partial charge in [0.15, 0.2) is 5.69 Å². The van der Waals surface area contributed by atoms with E-state index < -0.39 is 22.7 Å². The number of aromatic nitrogens is 2. The first-order valence-electron chi connectivity index (χ1n) is 6.91. The highest BCUT2D eigenvalue weighted by Crippen LogP contribution is 2.38. The quantitative estimate of drug-likeness (QED) is 0.638. The van der Waals surface area contributed by atoms with Gasteiger partial charge in [-0.2, -0.15) is 13.2 Å². The number of hydrogen-bond acceptors (Lipinski definition) is 4. The van der Waals surface area contributed by atoms with Gasteiger partial charge in [-0.1, -0.05) is 41.9 Å². The molecule has 0 aliphatic carbocycles. The van der Waals surface area contributed by atoms with Crippen LogP contribution >= 0.6 is 22.9 Å². The minimum absolute atomic E-state index is 0.114. The topological polar surface area (TPSA) is 54.9 Å². The molecule has 0 bridgehead atoms. The Bertz CT molecular complexity index is 912. The number of anilines is 1. The van der Waals surface area contributed by atoms with Gasteiger partial charge in [0.05, 0.1) is 0 Å². The summed E-state index contributed by atoms with van der Waals surface area (Å²) in [5.74, 6) is -0.908. The van der Waals surface area contributed by atoms with Crippen molar-refractivity contribution in [2.24, 2.45) is 0 Å². The second-order valence-electron chi connectivity index (χ2n) is 4.88. The van der Waals surface area contributed by atoms with Crippen molar-refractivity contribution < 1.29 is 18.0 Å². The van der Waals surface area contributed by atoms with Gasteiger partial charge in [-0.25, -0.2) is 9.97 Å². The lowest BCUT2D eigenvalue weighted by Crippen LogP contribution is -2.17. The zero-order valence-electron chi connectivity index (χ0n) is 12.3. The number of carbonyl (C=O) groups excluding carboxylic acids is 1. The number of carbonyl (C=O) groups is 1. The molecule has 25 heavy (non-hydrogen) atoms. The molecule has 3 aromatic rings. The van der Waals surface area contributed by atoms with Crippen molar-refractivity contribution in [1.29, 1.82) is 0 Å². The van der Waals surface area contributed by atoms with Crippen LogP contribution in [0, 0.1) is 0 Å². The minimum atomic E-state index is -4.74. The number of rotatable bonds is 3. The van der Waals surface area contributed by atoms with Gasteiger partial charge in [-0.05, 0) is 12.1 Å². The molecule has 0 atom stereocenters. The predicted molar refractivity (Wildman–Crippen MR) is 89.8 cm³/mol. The van der Waals surface area contributed by atoms with Crippen LogP contribution in [-0.4, -0.2) is 15.9 Å². The largest absolute Gasteiger partial charge is 0.435 e. The number of benzene rings is 1. The van der Waals surface area contributed by atoms with Crippen molar-refractivity contribution in [2.75, 3.05) is 5.32 Å². The van der Waals surface area contributed by atoms with Gasteiger partial charge in [-0.15, -0.1) is 11.3 Å². The number of nitrogens with zero attached hydrogens (tertiary/aromatic N) is 2. The lowest BCUT2D eigenvalue weighted by atomic mass is 10.2. The molecule has 0 radical (unpaired) electrons. The van der Waals surface area contributed by atoms with Crippen LogP contribution in [0.25, 0.3) is 10.6 Å². The Balaban J connectivity index is 1.99. The van der Waals surface area contributed by atoms with Crippen molar-refractivity contribution in [2.45, 2.75) is 6.18 Å². The SMILES string of the molecule is O=C(Nc1ccnc(Cl)c1)c1sc(-c2ccccc2)nc1C(F)(F)F. The van der Waals surface area contributed by atoms with Gasteiger partial charge >= 0.3 is 6.18 Å². The number of hydrogen-bond donors (Lipinski definition) is 1. The van der Waals surface area contributed by atoms with E-state index in [1.54, 1.807) is 30.3 Å². The summed E-state index contributed by atoms with van der Waals surface area (Å²) >= 11 is 6.39. The highest BCUT2D eigenvalue weighted by atomic mass is 35.5. The fourth-order valence-corrected chi connectivity index (χ4v) is 3.20. The molecule has 9 heteroatoms. The predicted octanol–water partition coefficient (Wildman–Crippen LogP) is 5.13. The van der Waals surface area contributed by atoms with Gasteiger partial charge in [0.2, 0.25) is 0 Å². The number of alkyl halides is 3. The third-order valence-corrected chi connectivity index (χ3v) is 4.42. The van der Waals surface area contributed by atoms with E-state index >= 15 is 0 Å². The van der Waals surface area contributed by atoms with E-state index in [4.69, 9.17) is 11.6 Å². The molecule has 0 fully saturated rings. The molecule has 0 saturated heterocycles. The van der Waals surface area contributed by atoms with Crippen LogP contribution < -0.4 is 5.32 Å². The van der Waals surface area contributed by atoms with Gasteiger partial charge in [0.25, 0.3) is 5.91 Å².